The molecule has 2 aliphatic rings. The molecule has 0 aromatic carbocycles. The van der Waals surface area contributed by atoms with Crippen molar-refractivity contribution < 1.29 is 38.9 Å². The van der Waals surface area contributed by atoms with E-state index in [-0.39, 0.29) is 41.4 Å². The standard InChI is InChI=1S/C31H43N3O8/c1-8-12-32-27-21-13-17(2)14-25(42-7)28(36)20(5)15-19(4)26(34-31(39)40)24(41-6)11-9-10-18(3)30(38)33-22(29(21)37)16-23(27)35/h8-11,15-17,20,24-26,28,32,34,36H,1,12-14H2,2-7H3,(H,33,38)(H,39,40)/b11-9+,18-10+,19-15+/t17-,20+,24-,25+,26+,28-/m1/s1. The number of fused-ring (bicyclic) bond motifs is 2. The van der Waals surface area contributed by atoms with Gasteiger partial charge in [-0.1, -0.05) is 49.8 Å². The quantitative estimate of drug-likeness (QED) is 0.233. The lowest BCUT2D eigenvalue weighted by Crippen LogP contribution is -2.44. The molecule has 11 heteroatoms. The van der Waals surface area contributed by atoms with Crippen molar-refractivity contribution in [3.63, 3.8) is 0 Å². The number of amides is 2. The minimum atomic E-state index is -1.25. The van der Waals surface area contributed by atoms with Crippen molar-refractivity contribution in [2.24, 2.45) is 11.8 Å². The number of rotatable bonds is 6. The summed E-state index contributed by atoms with van der Waals surface area (Å²) >= 11 is 0. The number of nitrogens with one attached hydrogen (secondary N) is 3. The number of aliphatic hydroxyl groups is 1. The van der Waals surface area contributed by atoms with Gasteiger partial charge in [0.1, 0.15) is 0 Å². The third-order valence-electron chi connectivity index (χ3n) is 7.32. The number of ether oxygens (including phenoxy) is 2. The first kappa shape index (κ1) is 34.4. The summed E-state index contributed by atoms with van der Waals surface area (Å²) in [6, 6.07) is -0.788. The monoisotopic (exact) mass is 585 g/mol. The fourth-order valence-corrected chi connectivity index (χ4v) is 5.03. The van der Waals surface area contributed by atoms with Crippen LogP contribution in [0.4, 0.5) is 4.79 Å². The summed E-state index contributed by atoms with van der Waals surface area (Å²) in [4.78, 5) is 51.2. The SMILES string of the molecule is C=CCNC1=C2C[C@@H](C)C[C@H](OC)[C@H](O)[C@@H](C)/C=C(\C)[C@H](NC(=O)O)[C@H](OC)/C=C/C=C(\C)C(=O)NC(=CC1=O)C2=O. The van der Waals surface area contributed by atoms with Crippen molar-refractivity contribution >= 4 is 23.6 Å². The number of ketones is 2. The molecule has 2 rings (SSSR count). The Morgan fingerprint density at radius 3 is 2.48 bits per heavy atom. The largest absolute Gasteiger partial charge is 0.465 e. The number of aliphatic hydroxyl groups excluding tert-OH is 1. The van der Waals surface area contributed by atoms with E-state index in [1.807, 2.05) is 6.92 Å². The second-order valence-electron chi connectivity index (χ2n) is 10.7. The van der Waals surface area contributed by atoms with Crippen LogP contribution in [0.1, 0.15) is 40.5 Å². The summed E-state index contributed by atoms with van der Waals surface area (Å²) in [7, 11) is 2.91. The van der Waals surface area contributed by atoms with E-state index in [9.17, 15) is 29.4 Å². The van der Waals surface area contributed by atoms with E-state index < -0.39 is 53.8 Å². The van der Waals surface area contributed by atoms with Gasteiger partial charge in [-0.05, 0) is 32.6 Å². The van der Waals surface area contributed by atoms with Crippen molar-refractivity contribution in [2.75, 3.05) is 20.8 Å². The van der Waals surface area contributed by atoms with Gasteiger partial charge in [-0.2, -0.15) is 0 Å². The molecular formula is C31H43N3O8. The van der Waals surface area contributed by atoms with Gasteiger partial charge in [0.05, 0.1) is 35.7 Å². The Labute approximate surface area is 247 Å². The molecule has 1 heterocycles. The molecule has 1 aliphatic heterocycles. The van der Waals surface area contributed by atoms with Crippen LogP contribution in [0, 0.1) is 11.8 Å². The van der Waals surface area contributed by atoms with Crippen molar-refractivity contribution in [2.45, 2.75) is 64.9 Å². The average molecular weight is 586 g/mol. The van der Waals surface area contributed by atoms with Crippen molar-refractivity contribution in [1.29, 1.82) is 0 Å². The molecule has 42 heavy (non-hydrogen) atoms. The zero-order valence-electron chi connectivity index (χ0n) is 25.1. The highest BCUT2D eigenvalue weighted by atomic mass is 16.5. The minimum absolute atomic E-state index is 0.136. The molecule has 0 saturated carbocycles. The van der Waals surface area contributed by atoms with Crippen molar-refractivity contribution in [3.8, 4) is 0 Å². The molecule has 11 nitrogen and oxygen atoms in total. The fraction of sp³-hybridized carbons (Fsp3) is 0.484. The van der Waals surface area contributed by atoms with Crippen LogP contribution in [0.15, 0.2) is 71.1 Å². The predicted octanol–water partition coefficient (Wildman–Crippen LogP) is 2.71. The Morgan fingerprint density at radius 1 is 1.19 bits per heavy atom. The summed E-state index contributed by atoms with van der Waals surface area (Å²) in [6.07, 6.45) is 6.02. The van der Waals surface area contributed by atoms with Crippen LogP contribution < -0.4 is 16.0 Å². The maximum atomic E-state index is 13.5. The first-order valence-corrected chi connectivity index (χ1v) is 13.8. The first-order valence-electron chi connectivity index (χ1n) is 13.8. The van der Waals surface area contributed by atoms with Gasteiger partial charge in [-0.25, -0.2) is 4.79 Å². The Kier molecular flexibility index (Phi) is 13.1. The molecule has 0 fully saturated rings. The number of hydrogen-bond donors (Lipinski definition) is 5. The topological polar surface area (TPSA) is 163 Å². The summed E-state index contributed by atoms with van der Waals surface area (Å²) in [6.45, 7) is 10.9. The fourth-order valence-electron chi connectivity index (χ4n) is 5.03. The number of carbonyl (C=O) groups excluding carboxylic acids is 3. The normalized spacial score (nSPS) is 31.6. The van der Waals surface area contributed by atoms with E-state index in [4.69, 9.17) is 9.47 Å². The number of Topliss-reactive ketones (excluding diaryl/α,β-unsaturated/α-hetero) is 1. The number of carbonyl (C=O) groups is 4. The van der Waals surface area contributed by atoms with Gasteiger partial charge in [0, 0.05) is 43.9 Å². The highest BCUT2D eigenvalue weighted by Gasteiger charge is 2.33. The molecule has 2 amide bonds. The van der Waals surface area contributed by atoms with Crippen LogP contribution in [-0.4, -0.2) is 78.9 Å². The number of allylic oxidation sites excluding steroid dienone is 4. The highest BCUT2D eigenvalue weighted by molar-refractivity contribution is 6.23. The predicted molar refractivity (Wildman–Crippen MR) is 158 cm³/mol. The van der Waals surface area contributed by atoms with Gasteiger partial charge in [-0.15, -0.1) is 6.58 Å². The smallest absolute Gasteiger partial charge is 0.405 e. The Balaban J connectivity index is 2.62. The van der Waals surface area contributed by atoms with Crippen LogP contribution in [0.25, 0.3) is 0 Å². The molecular weight excluding hydrogens is 542 g/mol. The average Bonchev–Trinajstić information content (AvgIpc) is 2.94. The van der Waals surface area contributed by atoms with E-state index in [2.05, 4.69) is 22.5 Å². The van der Waals surface area contributed by atoms with Crippen LogP contribution in [0.2, 0.25) is 0 Å². The Hall–Kier alpha value is -3.80. The molecule has 6 atom stereocenters. The van der Waals surface area contributed by atoms with Crippen LogP contribution >= 0.6 is 0 Å². The third kappa shape index (κ3) is 9.10. The zero-order chi connectivity index (χ0) is 31.6. The summed E-state index contributed by atoms with van der Waals surface area (Å²) < 4.78 is 11.2. The highest BCUT2D eigenvalue weighted by Crippen LogP contribution is 2.28. The zero-order valence-corrected chi connectivity index (χ0v) is 25.1. The lowest BCUT2D eigenvalue weighted by atomic mass is 9.85. The number of carboxylic acid groups (broad SMARTS) is 1. The molecule has 0 aromatic rings. The Bertz CT molecular complexity index is 1210. The molecule has 2 bridgehead atoms. The van der Waals surface area contributed by atoms with Crippen LogP contribution in [0.3, 0.4) is 0 Å². The molecule has 0 unspecified atom stereocenters. The second-order valence-corrected chi connectivity index (χ2v) is 10.7. The molecule has 230 valence electrons. The summed E-state index contributed by atoms with van der Waals surface area (Å²) in [5.41, 5.74) is 1.10. The van der Waals surface area contributed by atoms with E-state index in [0.717, 1.165) is 6.08 Å². The van der Waals surface area contributed by atoms with Gasteiger partial charge >= 0.3 is 6.09 Å². The molecule has 1 aliphatic carbocycles. The summed E-state index contributed by atoms with van der Waals surface area (Å²) in [5, 5.41) is 28.7. The third-order valence-corrected chi connectivity index (χ3v) is 7.32. The van der Waals surface area contributed by atoms with E-state index >= 15 is 0 Å². The van der Waals surface area contributed by atoms with Gasteiger partial charge in [0.15, 0.2) is 0 Å². The minimum Gasteiger partial charge on any atom is -0.465 e. The van der Waals surface area contributed by atoms with Crippen molar-refractivity contribution in [1.82, 2.24) is 16.0 Å². The van der Waals surface area contributed by atoms with E-state index in [1.54, 1.807) is 45.1 Å². The van der Waals surface area contributed by atoms with Gasteiger partial charge < -0.3 is 35.6 Å². The van der Waals surface area contributed by atoms with Gasteiger partial charge in [0.2, 0.25) is 11.6 Å². The molecule has 0 aromatic heterocycles. The molecule has 0 saturated heterocycles. The first-order chi connectivity index (χ1) is 19.8. The molecule has 0 spiro atoms. The van der Waals surface area contributed by atoms with Crippen molar-refractivity contribution in [3.05, 3.63) is 71.1 Å². The summed E-state index contributed by atoms with van der Waals surface area (Å²) in [5.74, 6) is -2.16. The van der Waals surface area contributed by atoms with Gasteiger partial charge in [-0.3, -0.25) is 14.4 Å². The van der Waals surface area contributed by atoms with Crippen LogP contribution in [-0.2, 0) is 23.9 Å². The molecule has 0 radical (unpaired) electrons. The maximum Gasteiger partial charge on any atom is 0.405 e. The maximum absolute atomic E-state index is 13.5. The van der Waals surface area contributed by atoms with E-state index in [0.29, 0.717) is 12.0 Å². The van der Waals surface area contributed by atoms with E-state index in [1.165, 1.54) is 20.3 Å². The number of hydrogen-bond acceptors (Lipinski definition) is 8. The Morgan fingerprint density at radius 2 is 1.88 bits per heavy atom. The lowest BCUT2D eigenvalue weighted by Gasteiger charge is -2.30. The van der Waals surface area contributed by atoms with Crippen LogP contribution in [0.5, 0.6) is 0 Å². The molecule has 5 N–H and O–H groups in total. The second kappa shape index (κ2) is 16.0. The number of methoxy groups -OCH3 is 2. The van der Waals surface area contributed by atoms with Gasteiger partial charge in [0.25, 0.3) is 5.91 Å². The lowest BCUT2D eigenvalue weighted by molar-refractivity contribution is -0.120.